The van der Waals surface area contributed by atoms with Crippen molar-refractivity contribution in [2.24, 2.45) is 0 Å². The average Bonchev–Trinajstić information content (AvgIpc) is 2.16. The van der Waals surface area contributed by atoms with E-state index in [1.54, 1.807) is 7.11 Å². The van der Waals surface area contributed by atoms with Crippen molar-refractivity contribution in [1.82, 2.24) is 0 Å². The summed E-state index contributed by atoms with van der Waals surface area (Å²) < 4.78 is 5.44. The van der Waals surface area contributed by atoms with E-state index in [9.17, 15) is 0 Å². The van der Waals surface area contributed by atoms with Crippen molar-refractivity contribution in [3.05, 3.63) is 41.5 Å². The summed E-state index contributed by atoms with van der Waals surface area (Å²) in [5.41, 5.74) is 3.88. The highest BCUT2D eigenvalue weighted by molar-refractivity contribution is 5.45. The van der Waals surface area contributed by atoms with Crippen LogP contribution in [0.1, 0.15) is 36.5 Å². The minimum Gasteiger partial charge on any atom is -0.496 e. The highest BCUT2D eigenvalue weighted by Crippen LogP contribution is 2.31. The molecule has 82 valence electrons. The maximum Gasteiger partial charge on any atom is 0.122 e. The van der Waals surface area contributed by atoms with E-state index >= 15 is 0 Å². The van der Waals surface area contributed by atoms with Gasteiger partial charge in [0, 0.05) is 0 Å². The molecule has 0 atom stereocenters. The van der Waals surface area contributed by atoms with Gasteiger partial charge in [0.15, 0.2) is 0 Å². The van der Waals surface area contributed by atoms with Gasteiger partial charge in [-0.05, 0) is 42.0 Å². The van der Waals surface area contributed by atoms with Crippen LogP contribution in [0.2, 0.25) is 0 Å². The van der Waals surface area contributed by atoms with Crippen molar-refractivity contribution in [2.75, 3.05) is 7.11 Å². The number of aryl methyl sites for hydroxylation is 1. The third-order valence-electron chi connectivity index (χ3n) is 2.59. The number of rotatable bonds is 4. The van der Waals surface area contributed by atoms with Gasteiger partial charge in [0.05, 0.1) is 7.11 Å². The normalized spacial score (nSPS) is 10.5. The Kier molecular flexibility index (Phi) is 3.96. The Hall–Kier alpha value is -1.24. The molecular weight excluding hydrogens is 184 g/mol. The number of allylic oxidation sites excluding steroid dienone is 1. The predicted molar refractivity (Wildman–Crippen MR) is 65.7 cm³/mol. The van der Waals surface area contributed by atoms with E-state index in [4.69, 9.17) is 4.74 Å². The first-order valence-electron chi connectivity index (χ1n) is 5.38. The summed E-state index contributed by atoms with van der Waals surface area (Å²) in [6, 6.07) is 4.34. The second-order valence-electron chi connectivity index (χ2n) is 4.18. The van der Waals surface area contributed by atoms with Gasteiger partial charge in [0.25, 0.3) is 0 Å². The van der Waals surface area contributed by atoms with Crippen molar-refractivity contribution in [3.63, 3.8) is 0 Å². The molecule has 15 heavy (non-hydrogen) atoms. The highest BCUT2D eigenvalue weighted by Gasteiger charge is 2.11. The van der Waals surface area contributed by atoms with Gasteiger partial charge in [-0.1, -0.05) is 26.0 Å². The van der Waals surface area contributed by atoms with Crippen molar-refractivity contribution >= 4 is 0 Å². The van der Waals surface area contributed by atoms with E-state index in [-0.39, 0.29) is 0 Å². The molecule has 1 nitrogen and oxygen atoms in total. The fourth-order valence-corrected chi connectivity index (χ4v) is 2.03. The summed E-state index contributed by atoms with van der Waals surface area (Å²) in [6.45, 7) is 10.3. The van der Waals surface area contributed by atoms with Crippen molar-refractivity contribution in [1.29, 1.82) is 0 Å². The molecule has 0 fully saturated rings. The average molecular weight is 204 g/mol. The standard InChI is InChI=1S/C14H20O/c1-6-7-12-8-11(4)14(10(2)3)13(9-12)15-5/h6,8-10H,1,7H2,2-5H3. The zero-order valence-electron chi connectivity index (χ0n) is 10.1. The zero-order chi connectivity index (χ0) is 11.4. The van der Waals surface area contributed by atoms with Gasteiger partial charge in [0.2, 0.25) is 0 Å². The molecule has 0 unspecified atom stereocenters. The van der Waals surface area contributed by atoms with Crippen LogP contribution in [0.5, 0.6) is 5.75 Å². The largest absolute Gasteiger partial charge is 0.496 e. The molecule has 0 saturated carbocycles. The van der Waals surface area contributed by atoms with Gasteiger partial charge in [-0.2, -0.15) is 0 Å². The summed E-state index contributed by atoms with van der Waals surface area (Å²) in [5.74, 6) is 1.50. The van der Waals surface area contributed by atoms with Gasteiger partial charge in [-0.15, -0.1) is 6.58 Å². The Morgan fingerprint density at radius 2 is 2.07 bits per heavy atom. The van der Waals surface area contributed by atoms with Gasteiger partial charge in [0.1, 0.15) is 5.75 Å². The summed E-state index contributed by atoms with van der Waals surface area (Å²) in [7, 11) is 1.73. The minimum atomic E-state index is 0.498. The molecule has 1 aromatic carbocycles. The van der Waals surface area contributed by atoms with E-state index in [0.29, 0.717) is 5.92 Å². The van der Waals surface area contributed by atoms with Gasteiger partial charge >= 0.3 is 0 Å². The number of hydrogen-bond acceptors (Lipinski definition) is 1. The molecule has 0 aliphatic rings. The molecule has 1 heteroatoms. The molecule has 0 spiro atoms. The first-order chi connectivity index (χ1) is 7.10. The molecule has 0 aliphatic heterocycles. The Bertz CT molecular complexity index is 351. The van der Waals surface area contributed by atoms with E-state index < -0.39 is 0 Å². The van der Waals surface area contributed by atoms with Crippen LogP contribution in [0.15, 0.2) is 24.8 Å². The van der Waals surface area contributed by atoms with Crippen LogP contribution in [0.25, 0.3) is 0 Å². The first-order valence-corrected chi connectivity index (χ1v) is 5.38. The lowest BCUT2D eigenvalue weighted by Gasteiger charge is -2.16. The van der Waals surface area contributed by atoms with Crippen molar-refractivity contribution < 1.29 is 4.74 Å². The van der Waals surface area contributed by atoms with Crippen LogP contribution in [-0.2, 0) is 6.42 Å². The molecule has 0 amide bonds. The van der Waals surface area contributed by atoms with Gasteiger partial charge in [-0.25, -0.2) is 0 Å². The Balaban J connectivity index is 3.23. The lowest BCUT2D eigenvalue weighted by atomic mass is 9.94. The summed E-state index contributed by atoms with van der Waals surface area (Å²) in [5, 5.41) is 0. The van der Waals surface area contributed by atoms with Crippen molar-refractivity contribution in [3.8, 4) is 5.75 Å². The molecule has 0 heterocycles. The van der Waals surface area contributed by atoms with Crippen LogP contribution in [0.3, 0.4) is 0 Å². The Morgan fingerprint density at radius 3 is 2.53 bits per heavy atom. The van der Waals surface area contributed by atoms with E-state index in [0.717, 1.165) is 12.2 Å². The van der Waals surface area contributed by atoms with E-state index in [2.05, 4.69) is 39.5 Å². The maximum atomic E-state index is 5.44. The third-order valence-corrected chi connectivity index (χ3v) is 2.59. The molecule has 1 rings (SSSR count). The van der Waals surface area contributed by atoms with Crippen LogP contribution in [0, 0.1) is 6.92 Å². The number of methoxy groups -OCH3 is 1. The molecule has 0 saturated heterocycles. The number of hydrogen-bond donors (Lipinski definition) is 0. The third kappa shape index (κ3) is 2.62. The van der Waals surface area contributed by atoms with E-state index in [1.807, 2.05) is 6.08 Å². The molecule has 0 aromatic heterocycles. The number of benzene rings is 1. The smallest absolute Gasteiger partial charge is 0.122 e. The second kappa shape index (κ2) is 5.01. The van der Waals surface area contributed by atoms with E-state index in [1.165, 1.54) is 16.7 Å². The lowest BCUT2D eigenvalue weighted by Crippen LogP contribution is -1.99. The summed E-state index contributed by atoms with van der Waals surface area (Å²) >= 11 is 0. The Morgan fingerprint density at radius 1 is 1.40 bits per heavy atom. The summed E-state index contributed by atoms with van der Waals surface area (Å²) in [6.07, 6.45) is 2.82. The van der Waals surface area contributed by atoms with Crippen LogP contribution in [0.4, 0.5) is 0 Å². The molecule has 0 radical (unpaired) electrons. The molecule has 1 aromatic rings. The van der Waals surface area contributed by atoms with Crippen LogP contribution >= 0.6 is 0 Å². The van der Waals surface area contributed by atoms with Crippen LogP contribution in [-0.4, -0.2) is 7.11 Å². The predicted octanol–water partition coefficient (Wildman–Crippen LogP) is 3.86. The zero-order valence-corrected chi connectivity index (χ0v) is 10.1. The maximum absolute atomic E-state index is 5.44. The van der Waals surface area contributed by atoms with Gasteiger partial charge < -0.3 is 4.74 Å². The highest BCUT2D eigenvalue weighted by atomic mass is 16.5. The molecule has 0 aliphatic carbocycles. The second-order valence-corrected chi connectivity index (χ2v) is 4.18. The molecular formula is C14H20O. The summed E-state index contributed by atoms with van der Waals surface area (Å²) in [4.78, 5) is 0. The molecule has 0 bridgehead atoms. The molecule has 0 N–H and O–H groups in total. The quantitative estimate of drug-likeness (QED) is 0.677. The number of ether oxygens (including phenoxy) is 1. The van der Waals surface area contributed by atoms with Gasteiger partial charge in [-0.3, -0.25) is 0 Å². The Labute approximate surface area is 92.8 Å². The lowest BCUT2D eigenvalue weighted by molar-refractivity contribution is 0.406. The van der Waals surface area contributed by atoms with Crippen LogP contribution < -0.4 is 4.74 Å². The topological polar surface area (TPSA) is 9.23 Å². The first kappa shape index (κ1) is 11.8. The SMILES string of the molecule is C=CCc1cc(C)c(C(C)C)c(OC)c1. The fourth-order valence-electron chi connectivity index (χ4n) is 2.03. The fraction of sp³-hybridized carbons (Fsp3) is 0.429. The van der Waals surface area contributed by atoms with Crippen molar-refractivity contribution in [2.45, 2.75) is 33.1 Å². The monoisotopic (exact) mass is 204 g/mol. The minimum absolute atomic E-state index is 0.498.